The van der Waals surface area contributed by atoms with E-state index < -0.39 is 0 Å². The number of urea groups is 1. The third kappa shape index (κ3) is 5.51. The second-order valence-corrected chi connectivity index (χ2v) is 5.18. The molecule has 0 saturated heterocycles. The molecule has 120 valence electrons. The van der Waals surface area contributed by atoms with Crippen molar-refractivity contribution in [2.75, 3.05) is 13.7 Å². The SMILES string of the molecule is COc1ccc(/C=C/NC(=O)NCCc2ccccc2C)cc1. The molecule has 0 aliphatic rings. The zero-order chi connectivity index (χ0) is 16.5. The third-order valence-electron chi connectivity index (χ3n) is 3.55. The van der Waals surface area contributed by atoms with Crippen molar-refractivity contribution in [3.63, 3.8) is 0 Å². The van der Waals surface area contributed by atoms with Crippen LogP contribution in [0.5, 0.6) is 5.75 Å². The van der Waals surface area contributed by atoms with E-state index in [1.807, 2.05) is 42.5 Å². The molecule has 2 rings (SSSR count). The average molecular weight is 310 g/mol. The zero-order valence-electron chi connectivity index (χ0n) is 13.5. The molecule has 0 spiro atoms. The Kier molecular flexibility index (Phi) is 6.24. The summed E-state index contributed by atoms with van der Waals surface area (Å²) >= 11 is 0. The lowest BCUT2D eigenvalue weighted by molar-refractivity contribution is 0.244. The van der Waals surface area contributed by atoms with Gasteiger partial charge in [0.2, 0.25) is 0 Å². The smallest absolute Gasteiger partial charge is 0.318 e. The minimum absolute atomic E-state index is 0.205. The van der Waals surface area contributed by atoms with Gasteiger partial charge in [-0.2, -0.15) is 0 Å². The second kappa shape index (κ2) is 8.63. The van der Waals surface area contributed by atoms with Crippen LogP contribution in [0.1, 0.15) is 16.7 Å². The quantitative estimate of drug-likeness (QED) is 0.858. The molecule has 0 aliphatic carbocycles. The van der Waals surface area contributed by atoms with E-state index in [4.69, 9.17) is 4.74 Å². The largest absolute Gasteiger partial charge is 0.497 e. The van der Waals surface area contributed by atoms with Gasteiger partial charge >= 0.3 is 6.03 Å². The van der Waals surface area contributed by atoms with Gasteiger partial charge in [-0.3, -0.25) is 0 Å². The minimum Gasteiger partial charge on any atom is -0.497 e. The highest BCUT2D eigenvalue weighted by atomic mass is 16.5. The first kappa shape index (κ1) is 16.6. The number of benzene rings is 2. The van der Waals surface area contributed by atoms with Crippen LogP contribution in [0.3, 0.4) is 0 Å². The number of nitrogens with one attached hydrogen (secondary N) is 2. The summed E-state index contributed by atoms with van der Waals surface area (Å²) in [6.45, 7) is 2.68. The van der Waals surface area contributed by atoms with Gasteiger partial charge in [-0.05, 0) is 48.2 Å². The Bertz CT molecular complexity index is 663. The van der Waals surface area contributed by atoms with Crippen molar-refractivity contribution >= 4 is 12.1 Å². The molecule has 0 atom stereocenters. The first-order valence-electron chi connectivity index (χ1n) is 7.58. The maximum Gasteiger partial charge on any atom is 0.318 e. The van der Waals surface area contributed by atoms with Gasteiger partial charge in [0, 0.05) is 12.7 Å². The molecular weight excluding hydrogens is 288 g/mol. The molecule has 2 aromatic rings. The summed E-state index contributed by atoms with van der Waals surface area (Å²) in [5.74, 6) is 0.809. The van der Waals surface area contributed by atoms with Crippen molar-refractivity contribution in [3.8, 4) is 5.75 Å². The van der Waals surface area contributed by atoms with Crippen LogP contribution >= 0.6 is 0 Å². The minimum atomic E-state index is -0.205. The zero-order valence-corrected chi connectivity index (χ0v) is 13.5. The van der Waals surface area contributed by atoms with Crippen molar-refractivity contribution in [1.29, 1.82) is 0 Å². The fourth-order valence-electron chi connectivity index (χ4n) is 2.18. The standard InChI is InChI=1S/C19H22N2O2/c1-15-5-3-4-6-17(15)12-14-21-19(22)20-13-11-16-7-9-18(23-2)10-8-16/h3-11,13H,12,14H2,1-2H3,(H2,20,21,22)/b13-11+. The fraction of sp³-hybridized carbons (Fsp3) is 0.211. The summed E-state index contributed by atoms with van der Waals surface area (Å²) in [6.07, 6.45) is 4.29. The molecule has 2 amide bonds. The number of carbonyl (C=O) groups excluding carboxylic acids is 1. The number of hydrogen-bond acceptors (Lipinski definition) is 2. The fourth-order valence-corrected chi connectivity index (χ4v) is 2.18. The van der Waals surface area contributed by atoms with Gasteiger partial charge in [0.1, 0.15) is 5.75 Å². The van der Waals surface area contributed by atoms with E-state index in [-0.39, 0.29) is 6.03 Å². The van der Waals surface area contributed by atoms with Crippen molar-refractivity contribution in [3.05, 3.63) is 71.4 Å². The lowest BCUT2D eigenvalue weighted by Gasteiger charge is -2.07. The maximum absolute atomic E-state index is 11.7. The maximum atomic E-state index is 11.7. The summed E-state index contributed by atoms with van der Waals surface area (Å²) in [4.78, 5) is 11.7. The Morgan fingerprint density at radius 3 is 2.57 bits per heavy atom. The highest BCUT2D eigenvalue weighted by molar-refractivity contribution is 5.75. The molecule has 23 heavy (non-hydrogen) atoms. The summed E-state index contributed by atoms with van der Waals surface area (Å²) in [6, 6.07) is 15.6. The van der Waals surface area contributed by atoms with Gasteiger partial charge in [-0.1, -0.05) is 36.4 Å². The third-order valence-corrected chi connectivity index (χ3v) is 3.55. The molecule has 0 bridgehead atoms. The highest BCUT2D eigenvalue weighted by Crippen LogP contribution is 2.11. The second-order valence-electron chi connectivity index (χ2n) is 5.18. The van der Waals surface area contributed by atoms with E-state index in [1.54, 1.807) is 13.3 Å². The number of ether oxygens (including phenoxy) is 1. The van der Waals surface area contributed by atoms with Crippen molar-refractivity contribution in [2.24, 2.45) is 0 Å². The predicted octanol–water partition coefficient (Wildman–Crippen LogP) is 3.52. The molecule has 0 aromatic heterocycles. The Hall–Kier alpha value is -2.75. The van der Waals surface area contributed by atoms with Crippen LogP contribution in [0.2, 0.25) is 0 Å². The van der Waals surface area contributed by atoms with E-state index >= 15 is 0 Å². The average Bonchev–Trinajstić information content (AvgIpc) is 2.57. The molecule has 0 unspecified atom stereocenters. The Labute approximate surface area is 137 Å². The van der Waals surface area contributed by atoms with Crippen molar-refractivity contribution in [1.82, 2.24) is 10.6 Å². The van der Waals surface area contributed by atoms with E-state index in [0.29, 0.717) is 6.54 Å². The molecule has 0 heterocycles. The molecule has 2 aromatic carbocycles. The van der Waals surface area contributed by atoms with Crippen molar-refractivity contribution in [2.45, 2.75) is 13.3 Å². The first-order valence-corrected chi connectivity index (χ1v) is 7.58. The summed E-state index contributed by atoms with van der Waals surface area (Å²) in [7, 11) is 1.63. The van der Waals surface area contributed by atoms with Crippen LogP contribution in [-0.4, -0.2) is 19.7 Å². The van der Waals surface area contributed by atoms with Crippen LogP contribution in [0.4, 0.5) is 4.79 Å². The number of carbonyl (C=O) groups is 1. The Morgan fingerprint density at radius 1 is 1.13 bits per heavy atom. The number of aryl methyl sites for hydroxylation is 1. The molecular formula is C19H22N2O2. The van der Waals surface area contributed by atoms with Gasteiger partial charge in [0.05, 0.1) is 7.11 Å². The van der Waals surface area contributed by atoms with E-state index in [9.17, 15) is 4.79 Å². The Balaban J connectivity index is 1.72. The summed E-state index contributed by atoms with van der Waals surface area (Å²) in [5.41, 5.74) is 3.49. The number of hydrogen-bond donors (Lipinski definition) is 2. The lowest BCUT2D eigenvalue weighted by atomic mass is 10.1. The van der Waals surface area contributed by atoms with E-state index in [1.165, 1.54) is 11.1 Å². The first-order chi connectivity index (χ1) is 11.2. The lowest BCUT2D eigenvalue weighted by Crippen LogP contribution is -2.33. The Morgan fingerprint density at radius 2 is 1.87 bits per heavy atom. The molecule has 0 radical (unpaired) electrons. The number of amides is 2. The number of methoxy groups -OCH3 is 1. The summed E-state index contributed by atoms with van der Waals surface area (Å²) < 4.78 is 5.10. The molecule has 4 nitrogen and oxygen atoms in total. The van der Waals surface area contributed by atoms with Crippen LogP contribution in [0, 0.1) is 6.92 Å². The monoisotopic (exact) mass is 310 g/mol. The van der Waals surface area contributed by atoms with E-state index in [0.717, 1.165) is 17.7 Å². The van der Waals surface area contributed by atoms with Gasteiger partial charge in [-0.15, -0.1) is 0 Å². The number of rotatable bonds is 6. The topological polar surface area (TPSA) is 50.4 Å². The predicted molar refractivity (Wildman–Crippen MR) is 93.4 cm³/mol. The molecule has 0 saturated carbocycles. The summed E-state index contributed by atoms with van der Waals surface area (Å²) in [5, 5.41) is 5.54. The molecule has 4 heteroatoms. The normalized spacial score (nSPS) is 10.5. The van der Waals surface area contributed by atoms with Gasteiger partial charge in [0.15, 0.2) is 0 Å². The van der Waals surface area contributed by atoms with Crippen molar-refractivity contribution < 1.29 is 9.53 Å². The van der Waals surface area contributed by atoms with Crippen LogP contribution in [-0.2, 0) is 6.42 Å². The highest BCUT2D eigenvalue weighted by Gasteiger charge is 1.99. The molecule has 0 aliphatic heterocycles. The van der Waals surface area contributed by atoms with E-state index in [2.05, 4.69) is 29.7 Å². The molecule has 0 fully saturated rings. The van der Waals surface area contributed by atoms with Gasteiger partial charge in [0.25, 0.3) is 0 Å². The van der Waals surface area contributed by atoms with Crippen LogP contribution in [0.15, 0.2) is 54.7 Å². The molecule has 2 N–H and O–H groups in total. The van der Waals surface area contributed by atoms with Gasteiger partial charge < -0.3 is 15.4 Å². The van der Waals surface area contributed by atoms with Crippen LogP contribution < -0.4 is 15.4 Å². The van der Waals surface area contributed by atoms with Crippen LogP contribution in [0.25, 0.3) is 6.08 Å². The van der Waals surface area contributed by atoms with Gasteiger partial charge in [-0.25, -0.2) is 4.79 Å².